The van der Waals surface area contributed by atoms with Crippen LogP contribution in [0.15, 0.2) is 41.8 Å². The van der Waals surface area contributed by atoms with E-state index in [-0.39, 0.29) is 11.7 Å². The minimum absolute atomic E-state index is 0.0322. The number of fused-ring (bicyclic) bond motifs is 1. The zero-order valence-corrected chi connectivity index (χ0v) is 18.6. The molecule has 3 aromatic rings. The minimum Gasteiger partial charge on any atom is -0.351 e. The number of aromatic nitrogens is 1. The third-order valence-electron chi connectivity index (χ3n) is 6.48. The number of amides is 1. The second-order valence-electron chi connectivity index (χ2n) is 8.58. The number of thiophene rings is 1. The van der Waals surface area contributed by atoms with Crippen molar-refractivity contribution in [2.75, 3.05) is 13.1 Å². The van der Waals surface area contributed by atoms with Gasteiger partial charge in [0.1, 0.15) is 11.5 Å². The molecule has 0 saturated carbocycles. The summed E-state index contributed by atoms with van der Waals surface area (Å²) >= 11 is 1.64. The number of halogens is 1. The van der Waals surface area contributed by atoms with E-state index in [2.05, 4.69) is 19.2 Å². The van der Waals surface area contributed by atoms with Gasteiger partial charge in [0.25, 0.3) is 5.91 Å². The van der Waals surface area contributed by atoms with Crippen molar-refractivity contribution in [2.45, 2.75) is 58.2 Å². The standard InChI is InChI=1S/C24H30FN3OS/c1-17-5-3-6-18(2)27(17)13-4-12-26-24(29)22-15-23-21(11-14-30-23)28(22)16-19-7-9-20(25)10-8-19/h7-11,14-15,17-18H,3-6,12-13,16H2,1-2H3,(H,26,29)/p+1/t17-,18-/m1/s1. The molecular formula is C24H31FN3OS+. The number of nitrogens with zero attached hydrogens (tertiary/aromatic N) is 1. The Balaban J connectivity index is 1.40. The lowest BCUT2D eigenvalue weighted by atomic mass is 9.97. The van der Waals surface area contributed by atoms with Crippen LogP contribution >= 0.6 is 11.3 Å². The lowest BCUT2D eigenvalue weighted by molar-refractivity contribution is -0.951. The Hall–Kier alpha value is -2.18. The summed E-state index contributed by atoms with van der Waals surface area (Å²) in [6.07, 6.45) is 4.94. The highest BCUT2D eigenvalue weighted by Crippen LogP contribution is 2.26. The second-order valence-corrected chi connectivity index (χ2v) is 9.53. The van der Waals surface area contributed by atoms with E-state index in [1.807, 2.05) is 22.1 Å². The SMILES string of the molecule is C[C@@H]1CCC[C@@H](C)[NH+]1CCCNC(=O)c1cc2sccc2n1Cc1ccc(F)cc1. The molecule has 1 aromatic carbocycles. The van der Waals surface area contributed by atoms with Crippen LogP contribution in [0.1, 0.15) is 55.6 Å². The summed E-state index contributed by atoms with van der Waals surface area (Å²) in [5.41, 5.74) is 2.70. The number of nitrogens with one attached hydrogen (secondary N) is 2. The summed E-state index contributed by atoms with van der Waals surface area (Å²) in [5, 5.41) is 5.16. The average Bonchev–Trinajstić information content (AvgIpc) is 3.31. The molecule has 3 heterocycles. The van der Waals surface area contributed by atoms with Crippen molar-refractivity contribution in [3.63, 3.8) is 0 Å². The van der Waals surface area contributed by atoms with Crippen LogP contribution in [0.3, 0.4) is 0 Å². The zero-order chi connectivity index (χ0) is 21.1. The predicted molar refractivity (Wildman–Crippen MR) is 121 cm³/mol. The lowest BCUT2D eigenvalue weighted by Crippen LogP contribution is -3.19. The molecular weight excluding hydrogens is 397 g/mol. The van der Waals surface area contributed by atoms with Gasteiger partial charge in [0.2, 0.25) is 0 Å². The van der Waals surface area contributed by atoms with Crippen LogP contribution in [0, 0.1) is 5.82 Å². The highest BCUT2D eigenvalue weighted by Gasteiger charge is 2.27. The number of likely N-dealkylation sites (tertiary alicyclic amines) is 1. The Morgan fingerprint density at radius 3 is 2.67 bits per heavy atom. The Kier molecular flexibility index (Phi) is 6.54. The van der Waals surface area contributed by atoms with Crippen molar-refractivity contribution in [2.24, 2.45) is 0 Å². The predicted octanol–water partition coefficient (Wildman–Crippen LogP) is 3.86. The zero-order valence-electron chi connectivity index (χ0n) is 17.8. The van der Waals surface area contributed by atoms with E-state index >= 15 is 0 Å². The van der Waals surface area contributed by atoms with Gasteiger partial charge < -0.3 is 14.8 Å². The summed E-state index contributed by atoms with van der Waals surface area (Å²) in [6, 6.07) is 11.9. The molecule has 30 heavy (non-hydrogen) atoms. The van der Waals surface area contributed by atoms with Crippen molar-refractivity contribution >= 4 is 27.5 Å². The van der Waals surface area contributed by atoms with Crippen LogP contribution in [0.2, 0.25) is 0 Å². The molecule has 1 amide bonds. The van der Waals surface area contributed by atoms with Gasteiger partial charge in [-0.15, -0.1) is 11.3 Å². The summed E-state index contributed by atoms with van der Waals surface area (Å²) in [5.74, 6) is -0.278. The van der Waals surface area contributed by atoms with E-state index in [0.717, 1.165) is 28.7 Å². The van der Waals surface area contributed by atoms with Gasteiger partial charge >= 0.3 is 0 Å². The van der Waals surface area contributed by atoms with Gasteiger partial charge in [0.05, 0.1) is 28.8 Å². The van der Waals surface area contributed by atoms with E-state index in [9.17, 15) is 9.18 Å². The monoisotopic (exact) mass is 428 g/mol. The average molecular weight is 429 g/mol. The molecule has 4 nitrogen and oxygen atoms in total. The van der Waals surface area contributed by atoms with E-state index < -0.39 is 0 Å². The molecule has 2 aromatic heterocycles. The Labute approximate surface area is 181 Å². The molecule has 4 rings (SSSR count). The van der Waals surface area contributed by atoms with Gasteiger partial charge in [-0.25, -0.2) is 4.39 Å². The fourth-order valence-electron chi connectivity index (χ4n) is 4.77. The van der Waals surface area contributed by atoms with Crippen LogP contribution in [0.5, 0.6) is 0 Å². The third kappa shape index (κ3) is 4.60. The number of quaternary nitrogens is 1. The molecule has 1 saturated heterocycles. The highest BCUT2D eigenvalue weighted by atomic mass is 32.1. The van der Waals surface area contributed by atoms with Gasteiger partial charge in [-0.2, -0.15) is 0 Å². The first-order valence-corrected chi connectivity index (χ1v) is 11.9. The van der Waals surface area contributed by atoms with Crippen LogP contribution in [0.25, 0.3) is 10.2 Å². The highest BCUT2D eigenvalue weighted by molar-refractivity contribution is 7.17. The van der Waals surface area contributed by atoms with E-state index in [4.69, 9.17) is 0 Å². The summed E-state index contributed by atoms with van der Waals surface area (Å²) in [4.78, 5) is 14.6. The van der Waals surface area contributed by atoms with Crippen LogP contribution in [0.4, 0.5) is 4.39 Å². The molecule has 0 unspecified atom stereocenters. The molecule has 0 bridgehead atoms. The molecule has 1 fully saturated rings. The smallest absolute Gasteiger partial charge is 0.267 e. The summed E-state index contributed by atoms with van der Waals surface area (Å²) in [6.45, 7) is 7.04. The normalized spacial score (nSPS) is 20.0. The maximum Gasteiger partial charge on any atom is 0.267 e. The number of hydrogen-bond acceptors (Lipinski definition) is 2. The Morgan fingerprint density at radius 2 is 1.93 bits per heavy atom. The molecule has 0 spiro atoms. The summed E-state index contributed by atoms with van der Waals surface area (Å²) in [7, 11) is 0. The van der Waals surface area contributed by atoms with Gasteiger partial charge in [-0.3, -0.25) is 4.79 Å². The van der Waals surface area contributed by atoms with Crippen LogP contribution < -0.4 is 10.2 Å². The lowest BCUT2D eigenvalue weighted by Gasteiger charge is -2.35. The second kappa shape index (κ2) is 9.31. The number of benzene rings is 1. The molecule has 2 N–H and O–H groups in total. The van der Waals surface area contributed by atoms with Crippen LogP contribution in [-0.2, 0) is 6.54 Å². The van der Waals surface area contributed by atoms with Crippen molar-refractivity contribution < 1.29 is 14.1 Å². The van der Waals surface area contributed by atoms with Crippen molar-refractivity contribution in [1.82, 2.24) is 9.88 Å². The van der Waals surface area contributed by atoms with E-state index in [1.165, 1.54) is 31.4 Å². The first-order valence-electron chi connectivity index (χ1n) is 11.0. The Morgan fingerprint density at radius 1 is 1.20 bits per heavy atom. The third-order valence-corrected chi connectivity index (χ3v) is 7.33. The number of rotatable bonds is 7. The molecule has 2 atom stereocenters. The van der Waals surface area contributed by atoms with Gasteiger partial charge in [-0.05, 0) is 68.3 Å². The molecule has 0 aliphatic carbocycles. The van der Waals surface area contributed by atoms with Gasteiger partial charge in [0.15, 0.2) is 0 Å². The quantitative estimate of drug-likeness (QED) is 0.551. The number of carbonyl (C=O) groups is 1. The fourth-order valence-corrected chi connectivity index (χ4v) is 5.59. The number of carbonyl (C=O) groups excluding carboxylic acids is 1. The molecule has 6 heteroatoms. The van der Waals surface area contributed by atoms with Crippen LogP contribution in [-0.4, -0.2) is 35.6 Å². The van der Waals surface area contributed by atoms with Gasteiger partial charge in [-0.1, -0.05) is 12.1 Å². The van der Waals surface area contributed by atoms with Crippen molar-refractivity contribution in [3.8, 4) is 0 Å². The summed E-state index contributed by atoms with van der Waals surface area (Å²) < 4.78 is 16.4. The maximum atomic E-state index is 13.3. The molecule has 1 aliphatic heterocycles. The van der Waals surface area contributed by atoms with Crippen molar-refractivity contribution in [3.05, 3.63) is 58.9 Å². The van der Waals surface area contributed by atoms with E-state index in [1.54, 1.807) is 28.4 Å². The maximum absolute atomic E-state index is 13.3. The molecule has 0 radical (unpaired) electrons. The number of piperidine rings is 1. The molecule has 1 aliphatic rings. The van der Waals surface area contributed by atoms with Gasteiger partial charge in [0, 0.05) is 19.5 Å². The largest absolute Gasteiger partial charge is 0.351 e. The number of hydrogen-bond donors (Lipinski definition) is 2. The topological polar surface area (TPSA) is 38.5 Å². The molecule has 160 valence electrons. The first kappa shape index (κ1) is 21.1. The Bertz CT molecular complexity index is 984. The minimum atomic E-state index is -0.246. The fraction of sp³-hybridized carbons (Fsp3) is 0.458. The van der Waals surface area contributed by atoms with Crippen molar-refractivity contribution in [1.29, 1.82) is 0 Å². The first-order chi connectivity index (χ1) is 14.5. The van der Waals surface area contributed by atoms with E-state index in [0.29, 0.717) is 30.9 Å².